The van der Waals surface area contributed by atoms with Gasteiger partial charge < -0.3 is 14.0 Å². The Labute approximate surface area is 145 Å². The van der Waals surface area contributed by atoms with Crippen molar-refractivity contribution in [3.8, 4) is 11.4 Å². The van der Waals surface area contributed by atoms with Crippen LogP contribution >= 0.6 is 0 Å². The summed E-state index contributed by atoms with van der Waals surface area (Å²) in [6, 6.07) is 10.2. The molecule has 3 aromatic rings. The van der Waals surface area contributed by atoms with Crippen molar-refractivity contribution in [1.82, 2.24) is 19.9 Å². The fourth-order valence-electron chi connectivity index (χ4n) is 2.93. The molecule has 0 amide bonds. The molecule has 0 aliphatic carbocycles. The lowest BCUT2D eigenvalue weighted by Gasteiger charge is -2.19. The summed E-state index contributed by atoms with van der Waals surface area (Å²) in [4.78, 5) is 4.47. The Bertz CT molecular complexity index is 865. The van der Waals surface area contributed by atoms with Crippen LogP contribution < -0.4 is 0 Å². The number of rotatable bonds is 4. The first-order valence-corrected chi connectivity index (χ1v) is 8.32. The van der Waals surface area contributed by atoms with Gasteiger partial charge in [0.05, 0.1) is 32.1 Å². The topological polar surface area (TPSA) is 75.2 Å². The van der Waals surface area contributed by atoms with Crippen LogP contribution in [0, 0.1) is 13.8 Å². The molecule has 1 fully saturated rings. The minimum atomic E-state index is -0.284. The average molecular weight is 340 g/mol. The smallest absolute Gasteiger partial charge is 0.258 e. The molecule has 1 saturated heterocycles. The van der Waals surface area contributed by atoms with Gasteiger partial charge in [-0.05, 0) is 31.5 Å². The normalized spacial score (nSPS) is 17.8. The van der Waals surface area contributed by atoms with E-state index in [1.807, 2.05) is 23.7 Å². The molecule has 1 atom stereocenters. The van der Waals surface area contributed by atoms with Crippen molar-refractivity contribution < 1.29 is 14.0 Å². The Morgan fingerprint density at radius 1 is 1.20 bits per heavy atom. The maximum atomic E-state index is 5.60. The van der Waals surface area contributed by atoms with Crippen LogP contribution in [0.15, 0.2) is 34.9 Å². The lowest BCUT2D eigenvalue weighted by atomic mass is 10.1. The van der Waals surface area contributed by atoms with Crippen LogP contribution in [0.5, 0.6) is 0 Å². The third-order valence-corrected chi connectivity index (χ3v) is 4.15. The highest BCUT2D eigenvalue weighted by Gasteiger charge is 2.23. The summed E-state index contributed by atoms with van der Waals surface area (Å²) in [6.45, 7) is 6.35. The second kappa shape index (κ2) is 6.78. The summed E-state index contributed by atoms with van der Waals surface area (Å²) in [7, 11) is 0. The number of nitrogens with zero attached hydrogens (tertiary/aromatic N) is 4. The van der Waals surface area contributed by atoms with Crippen molar-refractivity contribution in [3.05, 3.63) is 53.2 Å². The predicted octanol–water partition coefficient (Wildman–Crippen LogP) is 2.69. The van der Waals surface area contributed by atoms with E-state index >= 15 is 0 Å². The maximum absolute atomic E-state index is 5.60. The van der Waals surface area contributed by atoms with E-state index < -0.39 is 0 Å². The average Bonchev–Trinajstić information content (AvgIpc) is 3.23. The van der Waals surface area contributed by atoms with Crippen LogP contribution in [0.2, 0.25) is 0 Å². The molecule has 130 valence electrons. The van der Waals surface area contributed by atoms with Crippen LogP contribution in [0.3, 0.4) is 0 Å². The van der Waals surface area contributed by atoms with Crippen LogP contribution in [0.25, 0.3) is 11.4 Å². The van der Waals surface area contributed by atoms with E-state index in [2.05, 4.69) is 40.4 Å². The van der Waals surface area contributed by atoms with Crippen molar-refractivity contribution in [3.63, 3.8) is 0 Å². The van der Waals surface area contributed by atoms with Gasteiger partial charge in [-0.1, -0.05) is 23.4 Å². The Morgan fingerprint density at radius 2 is 2.12 bits per heavy atom. The summed E-state index contributed by atoms with van der Waals surface area (Å²) < 4.78 is 18.3. The second-order valence-corrected chi connectivity index (χ2v) is 6.18. The fourth-order valence-corrected chi connectivity index (χ4v) is 2.93. The third-order valence-electron chi connectivity index (χ3n) is 4.15. The highest BCUT2D eigenvalue weighted by atomic mass is 16.6. The predicted molar refractivity (Wildman–Crippen MR) is 90.0 cm³/mol. The first-order valence-electron chi connectivity index (χ1n) is 8.32. The first-order chi connectivity index (χ1) is 12.2. The number of hydrogen-bond donors (Lipinski definition) is 0. The molecule has 0 N–H and O–H groups in total. The molecule has 3 heterocycles. The molecular formula is C18H20N4O3. The zero-order valence-electron chi connectivity index (χ0n) is 14.3. The van der Waals surface area contributed by atoms with E-state index in [9.17, 15) is 0 Å². The number of aryl methyl sites for hydroxylation is 2. The Balaban J connectivity index is 1.55. The van der Waals surface area contributed by atoms with Crippen molar-refractivity contribution in [1.29, 1.82) is 0 Å². The first kappa shape index (κ1) is 16.0. The van der Waals surface area contributed by atoms with Crippen molar-refractivity contribution in [2.75, 3.05) is 19.8 Å². The van der Waals surface area contributed by atoms with Gasteiger partial charge in [0.15, 0.2) is 6.10 Å². The van der Waals surface area contributed by atoms with E-state index in [1.54, 1.807) is 0 Å². The highest BCUT2D eigenvalue weighted by Crippen LogP contribution is 2.23. The minimum absolute atomic E-state index is 0.284. The molecule has 1 aliphatic rings. The molecule has 4 rings (SSSR count). The van der Waals surface area contributed by atoms with Gasteiger partial charge in [0, 0.05) is 11.3 Å². The molecule has 7 heteroatoms. The van der Waals surface area contributed by atoms with Gasteiger partial charge in [-0.15, -0.1) is 0 Å². The SMILES string of the molecule is Cc1cc(C)n(Cc2cccc(-c3noc([C@H]4COCCO4)n3)c2)n1. The quantitative estimate of drug-likeness (QED) is 0.727. The highest BCUT2D eigenvalue weighted by molar-refractivity contribution is 5.55. The molecule has 1 aliphatic heterocycles. The monoisotopic (exact) mass is 340 g/mol. The summed E-state index contributed by atoms with van der Waals surface area (Å²) in [6.07, 6.45) is -0.284. The van der Waals surface area contributed by atoms with E-state index in [4.69, 9.17) is 14.0 Å². The second-order valence-electron chi connectivity index (χ2n) is 6.18. The summed E-state index contributed by atoms with van der Waals surface area (Å²) >= 11 is 0. The van der Waals surface area contributed by atoms with E-state index in [0.29, 0.717) is 38.1 Å². The fraction of sp³-hybridized carbons (Fsp3) is 0.389. The third kappa shape index (κ3) is 3.47. The van der Waals surface area contributed by atoms with Gasteiger partial charge in [-0.3, -0.25) is 4.68 Å². The Hall–Kier alpha value is -2.51. The molecule has 0 radical (unpaired) electrons. The van der Waals surface area contributed by atoms with Crippen molar-refractivity contribution in [2.45, 2.75) is 26.5 Å². The van der Waals surface area contributed by atoms with Gasteiger partial charge in [0.2, 0.25) is 5.82 Å². The van der Waals surface area contributed by atoms with Gasteiger partial charge in [-0.2, -0.15) is 10.1 Å². The number of aromatic nitrogens is 4. The molecule has 7 nitrogen and oxygen atoms in total. The Morgan fingerprint density at radius 3 is 2.88 bits per heavy atom. The molecule has 2 aromatic heterocycles. The standard InChI is InChI=1S/C18H20N4O3/c1-12-8-13(2)22(20-12)10-14-4-3-5-15(9-14)17-19-18(25-21-17)16-11-23-6-7-24-16/h3-5,8-9,16H,6-7,10-11H2,1-2H3/t16-/m1/s1. The molecular weight excluding hydrogens is 320 g/mol. The summed E-state index contributed by atoms with van der Waals surface area (Å²) in [5.41, 5.74) is 4.20. The molecule has 0 saturated carbocycles. The molecule has 1 aromatic carbocycles. The summed E-state index contributed by atoms with van der Waals surface area (Å²) in [5, 5.41) is 8.60. The maximum Gasteiger partial charge on any atom is 0.258 e. The number of benzene rings is 1. The lowest BCUT2D eigenvalue weighted by molar-refractivity contribution is -0.101. The Kier molecular flexibility index (Phi) is 4.33. The van der Waals surface area contributed by atoms with Crippen LogP contribution in [0.4, 0.5) is 0 Å². The van der Waals surface area contributed by atoms with Gasteiger partial charge in [0.1, 0.15) is 0 Å². The summed E-state index contributed by atoms with van der Waals surface area (Å²) in [5.74, 6) is 1.01. The van der Waals surface area contributed by atoms with Crippen molar-refractivity contribution in [2.24, 2.45) is 0 Å². The molecule has 0 bridgehead atoms. The van der Waals surface area contributed by atoms with Gasteiger partial charge >= 0.3 is 0 Å². The van der Waals surface area contributed by atoms with Crippen molar-refractivity contribution >= 4 is 0 Å². The van der Waals surface area contributed by atoms with Crippen LogP contribution in [-0.2, 0) is 16.0 Å². The lowest BCUT2D eigenvalue weighted by Crippen LogP contribution is -2.22. The van der Waals surface area contributed by atoms with Gasteiger partial charge in [0.25, 0.3) is 5.89 Å². The minimum Gasteiger partial charge on any atom is -0.376 e. The van der Waals surface area contributed by atoms with Crippen LogP contribution in [-0.4, -0.2) is 39.7 Å². The van der Waals surface area contributed by atoms with Gasteiger partial charge in [-0.25, -0.2) is 0 Å². The van der Waals surface area contributed by atoms with E-state index in [1.165, 1.54) is 0 Å². The van der Waals surface area contributed by atoms with E-state index in [0.717, 1.165) is 22.5 Å². The molecule has 0 spiro atoms. The number of hydrogen-bond acceptors (Lipinski definition) is 6. The zero-order valence-corrected chi connectivity index (χ0v) is 14.3. The number of ether oxygens (including phenoxy) is 2. The molecule has 0 unspecified atom stereocenters. The largest absolute Gasteiger partial charge is 0.376 e. The van der Waals surface area contributed by atoms with Crippen LogP contribution in [0.1, 0.15) is 28.9 Å². The van der Waals surface area contributed by atoms with E-state index in [-0.39, 0.29) is 6.10 Å². The molecule has 25 heavy (non-hydrogen) atoms. The zero-order chi connectivity index (χ0) is 17.2.